The summed E-state index contributed by atoms with van der Waals surface area (Å²) in [4.78, 5) is 15.5. The van der Waals surface area contributed by atoms with E-state index in [1.54, 1.807) is 13.2 Å². The van der Waals surface area contributed by atoms with E-state index in [-0.39, 0.29) is 12.1 Å². The van der Waals surface area contributed by atoms with E-state index in [0.717, 1.165) is 12.1 Å². The van der Waals surface area contributed by atoms with Crippen molar-refractivity contribution in [3.8, 4) is 0 Å². The van der Waals surface area contributed by atoms with Crippen molar-refractivity contribution in [2.24, 2.45) is 4.99 Å². The number of ether oxygens (including phenoxy) is 2. The summed E-state index contributed by atoms with van der Waals surface area (Å²) < 4.78 is 10.1. The molecule has 0 radical (unpaired) electrons. The lowest BCUT2D eigenvalue weighted by Crippen LogP contribution is -2.13. The third kappa shape index (κ3) is 3.83. The molecule has 0 aromatic heterocycles. The second-order valence-corrected chi connectivity index (χ2v) is 3.61. The molecule has 1 heterocycles. The first-order chi connectivity index (χ1) is 7.13. The second-order valence-electron chi connectivity index (χ2n) is 3.61. The molecule has 1 aliphatic rings. The molecule has 0 fully saturated rings. The Morgan fingerprint density at radius 2 is 2.40 bits per heavy atom. The number of carbonyl (C=O) groups is 1. The van der Waals surface area contributed by atoms with Gasteiger partial charge in [-0.1, -0.05) is 0 Å². The Hall–Kier alpha value is -1.16. The van der Waals surface area contributed by atoms with Crippen molar-refractivity contribution in [3.63, 3.8) is 0 Å². The van der Waals surface area contributed by atoms with Crippen molar-refractivity contribution >= 4 is 11.7 Å². The molecule has 4 heteroatoms. The number of aliphatic imine (C=N–C) groups is 1. The minimum atomic E-state index is -0.338. The normalized spacial score (nSPS) is 17.0. The number of hydrogen-bond donors (Lipinski definition) is 0. The van der Waals surface area contributed by atoms with Crippen LogP contribution in [-0.4, -0.2) is 31.5 Å². The lowest BCUT2D eigenvalue weighted by Gasteiger charge is -2.09. The molecule has 0 aromatic rings. The lowest BCUT2D eigenvalue weighted by atomic mass is 10.3. The molecule has 0 bridgehead atoms. The number of methoxy groups -OCH3 is 1. The maximum absolute atomic E-state index is 11.4. The van der Waals surface area contributed by atoms with Gasteiger partial charge in [-0.3, -0.25) is 4.99 Å². The van der Waals surface area contributed by atoms with E-state index in [1.807, 2.05) is 13.8 Å². The number of carbonyl (C=O) groups excluding carboxylic acids is 1. The Morgan fingerprint density at radius 1 is 1.67 bits per heavy atom. The van der Waals surface area contributed by atoms with E-state index < -0.39 is 0 Å². The van der Waals surface area contributed by atoms with Crippen molar-refractivity contribution in [2.75, 3.05) is 13.7 Å². The van der Waals surface area contributed by atoms with Crippen LogP contribution in [0.15, 0.2) is 16.8 Å². The number of allylic oxidation sites excluding steroid dienone is 1. The van der Waals surface area contributed by atoms with Crippen LogP contribution in [0, 0.1) is 0 Å². The molecule has 84 valence electrons. The Labute approximate surface area is 90.0 Å². The zero-order valence-corrected chi connectivity index (χ0v) is 9.45. The van der Waals surface area contributed by atoms with Gasteiger partial charge >= 0.3 is 5.97 Å². The maximum Gasteiger partial charge on any atom is 0.356 e. The molecule has 0 saturated carbocycles. The number of hydrogen-bond acceptors (Lipinski definition) is 4. The predicted octanol–water partition coefficient (Wildman–Crippen LogP) is 1.70. The van der Waals surface area contributed by atoms with Crippen LogP contribution in [0.1, 0.15) is 26.7 Å². The Morgan fingerprint density at radius 3 is 2.93 bits per heavy atom. The highest BCUT2D eigenvalue weighted by Crippen LogP contribution is 2.11. The molecule has 0 amide bonds. The first-order valence-electron chi connectivity index (χ1n) is 5.07. The average molecular weight is 211 g/mol. The van der Waals surface area contributed by atoms with Gasteiger partial charge in [-0.25, -0.2) is 4.79 Å². The SMILES string of the molecule is COC(C)CCOC(=O)C1=CCC(C)=N1. The van der Waals surface area contributed by atoms with Crippen LogP contribution in [-0.2, 0) is 14.3 Å². The zero-order chi connectivity index (χ0) is 11.3. The van der Waals surface area contributed by atoms with Crippen molar-refractivity contribution in [1.29, 1.82) is 0 Å². The van der Waals surface area contributed by atoms with Gasteiger partial charge in [0.15, 0.2) is 0 Å². The van der Waals surface area contributed by atoms with Gasteiger partial charge in [0.1, 0.15) is 5.70 Å². The van der Waals surface area contributed by atoms with Crippen LogP contribution < -0.4 is 0 Å². The van der Waals surface area contributed by atoms with Crippen LogP contribution in [0.4, 0.5) is 0 Å². The van der Waals surface area contributed by atoms with E-state index in [9.17, 15) is 4.79 Å². The Kier molecular flexibility index (Phi) is 4.49. The second kappa shape index (κ2) is 5.66. The topological polar surface area (TPSA) is 47.9 Å². The van der Waals surface area contributed by atoms with Crippen LogP contribution in [0.3, 0.4) is 0 Å². The molecule has 4 nitrogen and oxygen atoms in total. The highest BCUT2D eigenvalue weighted by Gasteiger charge is 2.14. The molecule has 1 aliphatic heterocycles. The Bertz CT molecular complexity index is 294. The smallest absolute Gasteiger partial charge is 0.356 e. The molecule has 0 saturated heterocycles. The average Bonchev–Trinajstić information content (AvgIpc) is 2.64. The van der Waals surface area contributed by atoms with Crippen molar-refractivity contribution in [3.05, 3.63) is 11.8 Å². The Balaban J connectivity index is 2.25. The number of rotatable bonds is 5. The van der Waals surface area contributed by atoms with E-state index in [1.165, 1.54) is 0 Å². The first kappa shape index (κ1) is 11.9. The summed E-state index contributed by atoms with van der Waals surface area (Å²) in [5.41, 5.74) is 1.38. The van der Waals surface area contributed by atoms with E-state index in [2.05, 4.69) is 4.99 Å². The molecular weight excluding hydrogens is 194 g/mol. The molecule has 15 heavy (non-hydrogen) atoms. The van der Waals surface area contributed by atoms with Crippen molar-refractivity contribution in [1.82, 2.24) is 0 Å². The largest absolute Gasteiger partial charge is 0.461 e. The highest BCUT2D eigenvalue weighted by molar-refractivity contribution is 5.97. The van der Waals surface area contributed by atoms with Gasteiger partial charge in [-0.15, -0.1) is 0 Å². The summed E-state index contributed by atoms with van der Waals surface area (Å²) in [6, 6.07) is 0. The summed E-state index contributed by atoms with van der Waals surface area (Å²) in [7, 11) is 1.64. The molecule has 0 aromatic carbocycles. The van der Waals surface area contributed by atoms with E-state index in [4.69, 9.17) is 9.47 Å². The van der Waals surface area contributed by atoms with Crippen molar-refractivity contribution in [2.45, 2.75) is 32.8 Å². The van der Waals surface area contributed by atoms with Gasteiger partial charge in [-0.05, 0) is 19.9 Å². The van der Waals surface area contributed by atoms with Gasteiger partial charge in [0.2, 0.25) is 0 Å². The molecule has 1 unspecified atom stereocenters. The lowest BCUT2D eigenvalue weighted by molar-refractivity contribution is -0.139. The van der Waals surface area contributed by atoms with Crippen LogP contribution in [0.5, 0.6) is 0 Å². The minimum absolute atomic E-state index is 0.112. The molecule has 1 rings (SSSR count). The van der Waals surface area contributed by atoms with Gasteiger partial charge in [0, 0.05) is 25.7 Å². The van der Waals surface area contributed by atoms with Gasteiger partial charge < -0.3 is 9.47 Å². The van der Waals surface area contributed by atoms with Gasteiger partial charge in [0.25, 0.3) is 0 Å². The van der Waals surface area contributed by atoms with Crippen LogP contribution in [0.2, 0.25) is 0 Å². The maximum atomic E-state index is 11.4. The molecular formula is C11H17NO3. The van der Waals surface area contributed by atoms with Gasteiger partial charge in [-0.2, -0.15) is 0 Å². The van der Waals surface area contributed by atoms with Crippen LogP contribution >= 0.6 is 0 Å². The first-order valence-corrected chi connectivity index (χ1v) is 5.07. The summed E-state index contributed by atoms with van der Waals surface area (Å²) in [5, 5.41) is 0. The number of esters is 1. The van der Waals surface area contributed by atoms with Crippen LogP contribution in [0.25, 0.3) is 0 Å². The molecule has 0 N–H and O–H groups in total. The highest BCUT2D eigenvalue weighted by atomic mass is 16.5. The third-order valence-electron chi connectivity index (χ3n) is 2.27. The molecule has 0 aliphatic carbocycles. The summed E-state index contributed by atoms with van der Waals surface area (Å²) in [6.45, 7) is 4.20. The molecule has 0 spiro atoms. The monoisotopic (exact) mass is 211 g/mol. The fourth-order valence-electron chi connectivity index (χ4n) is 1.18. The number of nitrogens with zero attached hydrogens (tertiary/aromatic N) is 1. The fraction of sp³-hybridized carbons (Fsp3) is 0.636. The summed E-state index contributed by atoms with van der Waals surface area (Å²) >= 11 is 0. The summed E-state index contributed by atoms with van der Waals surface area (Å²) in [6.07, 6.45) is 3.36. The van der Waals surface area contributed by atoms with E-state index in [0.29, 0.717) is 18.7 Å². The van der Waals surface area contributed by atoms with Crippen molar-refractivity contribution < 1.29 is 14.3 Å². The van der Waals surface area contributed by atoms with Gasteiger partial charge in [0.05, 0.1) is 12.7 Å². The van der Waals surface area contributed by atoms with E-state index >= 15 is 0 Å². The predicted molar refractivity (Wildman–Crippen MR) is 57.9 cm³/mol. The summed E-state index contributed by atoms with van der Waals surface area (Å²) in [5.74, 6) is -0.338. The zero-order valence-electron chi connectivity index (χ0n) is 9.45. The quantitative estimate of drug-likeness (QED) is 0.650. The standard InChI is InChI=1S/C11H17NO3/c1-8-4-5-10(12-8)11(13)15-7-6-9(2)14-3/h5,9H,4,6-7H2,1-3H3. The third-order valence-corrected chi connectivity index (χ3v) is 2.27. The minimum Gasteiger partial charge on any atom is -0.461 e. The molecule has 1 atom stereocenters. The fourth-order valence-corrected chi connectivity index (χ4v) is 1.18.